The third-order valence-corrected chi connectivity index (χ3v) is 4.55. The van der Waals surface area contributed by atoms with Crippen LogP contribution in [0.4, 0.5) is 0 Å². The van der Waals surface area contributed by atoms with Gasteiger partial charge in [-0.05, 0) is 50.1 Å². The number of aromatic carboxylic acids is 1. The Morgan fingerprint density at radius 3 is 1.96 bits per heavy atom. The fraction of sp³-hybridized carbons (Fsp3) is 0.286. The molecule has 2 aromatic rings. The predicted molar refractivity (Wildman–Crippen MR) is 102 cm³/mol. The number of carbonyl (C=O) groups excluding carboxylic acids is 2. The van der Waals surface area contributed by atoms with Crippen molar-refractivity contribution in [2.75, 3.05) is 14.2 Å². The van der Waals surface area contributed by atoms with Gasteiger partial charge in [-0.2, -0.15) is 0 Å². The van der Waals surface area contributed by atoms with Crippen molar-refractivity contribution in [3.8, 4) is 17.2 Å². The van der Waals surface area contributed by atoms with Gasteiger partial charge in [0.1, 0.15) is 22.8 Å². The van der Waals surface area contributed by atoms with Crippen molar-refractivity contribution in [3.05, 3.63) is 51.6 Å². The summed E-state index contributed by atoms with van der Waals surface area (Å²) in [4.78, 5) is 36.0. The summed E-state index contributed by atoms with van der Waals surface area (Å²) in [5.41, 5.74) is 2.33. The van der Waals surface area contributed by atoms with Gasteiger partial charge in [0, 0.05) is 18.1 Å². The van der Waals surface area contributed by atoms with E-state index in [4.69, 9.17) is 14.2 Å². The molecule has 0 aromatic heterocycles. The lowest BCUT2D eigenvalue weighted by Gasteiger charge is -2.20. The Balaban J connectivity index is 2.70. The fourth-order valence-electron chi connectivity index (χ4n) is 3.15. The molecule has 0 aliphatic rings. The molecule has 0 fully saturated rings. The molecule has 2 aromatic carbocycles. The van der Waals surface area contributed by atoms with Gasteiger partial charge in [0.2, 0.25) is 0 Å². The van der Waals surface area contributed by atoms with Gasteiger partial charge in [-0.25, -0.2) is 4.79 Å². The normalized spacial score (nSPS) is 10.4. The number of carbonyl (C=O) groups is 3. The highest BCUT2D eigenvalue weighted by atomic mass is 16.5. The maximum Gasteiger partial charge on any atom is 0.339 e. The quantitative estimate of drug-likeness (QED) is 0.461. The van der Waals surface area contributed by atoms with Crippen LogP contribution in [0.1, 0.15) is 49.9 Å². The van der Waals surface area contributed by atoms with Crippen LogP contribution in [0.15, 0.2) is 18.2 Å². The molecule has 7 nitrogen and oxygen atoms in total. The van der Waals surface area contributed by atoms with Crippen LogP contribution < -0.4 is 14.2 Å². The third-order valence-electron chi connectivity index (χ3n) is 4.55. The first-order valence-corrected chi connectivity index (χ1v) is 8.46. The Morgan fingerprint density at radius 2 is 1.46 bits per heavy atom. The van der Waals surface area contributed by atoms with Gasteiger partial charge < -0.3 is 19.3 Å². The minimum Gasteiger partial charge on any atom is -0.496 e. The van der Waals surface area contributed by atoms with E-state index in [0.29, 0.717) is 22.6 Å². The first kappa shape index (κ1) is 21.0. The monoisotopic (exact) mass is 386 g/mol. The van der Waals surface area contributed by atoms with Crippen molar-refractivity contribution >= 4 is 17.7 Å². The maximum atomic E-state index is 13.3. The molecule has 0 aliphatic heterocycles. The van der Waals surface area contributed by atoms with Crippen molar-refractivity contribution in [2.45, 2.75) is 27.7 Å². The average molecular weight is 386 g/mol. The number of carboxylic acid groups (broad SMARTS) is 1. The highest BCUT2D eigenvalue weighted by molar-refractivity contribution is 6.13. The largest absolute Gasteiger partial charge is 0.496 e. The van der Waals surface area contributed by atoms with Gasteiger partial charge in [-0.1, -0.05) is 0 Å². The van der Waals surface area contributed by atoms with E-state index in [1.165, 1.54) is 39.3 Å². The Kier molecular flexibility index (Phi) is 6.08. The number of ether oxygens (including phenoxy) is 3. The zero-order valence-electron chi connectivity index (χ0n) is 16.6. The molecule has 1 N–H and O–H groups in total. The van der Waals surface area contributed by atoms with Gasteiger partial charge in [-0.3, -0.25) is 9.59 Å². The van der Waals surface area contributed by atoms with Gasteiger partial charge in [0.05, 0.1) is 19.8 Å². The van der Waals surface area contributed by atoms with Crippen molar-refractivity contribution in [2.24, 2.45) is 0 Å². The van der Waals surface area contributed by atoms with Gasteiger partial charge in [-0.15, -0.1) is 0 Å². The summed E-state index contributed by atoms with van der Waals surface area (Å²) < 4.78 is 15.8. The van der Waals surface area contributed by atoms with E-state index in [1.54, 1.807) is 6.92 Å². The van der Waals surface area contributed by atoms with Crippen molar-refractivity contribution in [3.63, 3.8) is 0 Å². The van der Waals surface area contributed by atoms with E-state index >= 15 is 0 Å². The second kappa shape index (κ2) is 8.12. The Bertz CT molecular complexity index is 973. The van der Waals surface area contributed by atoms with E-state index in [0.717, 1.165) is 11.1 Å². The van der Waals surface area contributed by atoms with Gasteiger partial charge >= 0.3 is 11.9 Å². The van der Waals surface area contributed by atoms with E-state index in [-0.39, 0.29) is 16.9 Å². The smallest absolute Gasteiger partial charge is 0.339 e. The Hall–Kier alpha value is -3.35. The maximum absolute atomic E-state index is 13.3. The van der Waals surface area contributed by atoms with Crippen LogP contribution in [0.5, 0.6) is 17.2 Å². The van der Waals surface area contributed by atoms with E-state index in [1.807, 2.05) is 13.8 Å². The molecule has 2 rings (SSSR count). The molecule has 7 heteroatoms. The van der Waals surface area contributed by atoms with Crippen LogP contribution in [0.2, 0.25) is 0 Å². The Labute approximate surface area is 162 Å². The van der Waals surface area contributed by atoms with Crippen LogP contribution in [-0.4, -0.2) is 37.0 Å². The summed E-state index contributed by atoms with van der Waals surface area (Å²) in [6.45, 7) is 6.60. The topological polar surface area (TPSA) is 99.1 Å². The van der Waals surface area contributed by atoms with Crippen LogP contribution in [0, 0.1) is 20.8 Å². The summed E-state index contributed by atoms with van der Waals surface area (Å²) in [6, 6.07) is 3.88. The van der Waals surface area contributed by atoms with Crippen LogP contribution in [0.25, 0.3) is 0 Å². The second-order valence-electron chi connectivity index (χ2n) is 6.26. The highest BCUT2D eigenvalue weighted by Crippen LogP contribution is 2.39. The molecule has 0 amide bonds. The van der Waals surface area contributed by atoms with Gasteiger partial charge in [0.15, 0.2) is 5.78 Å². The summed E-state index contributed by atoms with van der Waals surface area (Å²) in [5.74, 6) is -1.55. The molecule has 0 saturated carbocycles. The molecule has 0 unspecified atom stereocenters. The summed E-state index contributed by atoms with van der Waals surface area (Å²) >= 11 is 0. The number of ketones is 1. The highest BCUT2D eigenvalue weighted by Gasteiger charge is 2.26. The molecule has 0 spiro atoms. The second-order valence-corrected chi connectivity index (χ2v) is 6.26. The molecule has 0 atom stereocenters. The fourth-order valence-corrected chi connectivity index (χ4v) is 3.15. The lowest BCUT2D eigenvalue weighted by atomic mass is 9.91. The van der Waals surface area contributed by atoms with Crippen molar-refractivity contribution in [1.82, 2.24) is 0 Å². The van der Waals surface area contributed by atoms with Crippen molar-refractivity contribution < 1.29 is 33.7 Å². The molecular weight excluding hydrogens is 364 g/mol. The lowest BCUT2D eigenvalue weighted by molar-refractivity contribution is -0.131. The average Bonchev–Trinajstić information content (AvgIpc) is 2.64. The zero-order chi connectivity index (χ0) is 21.2. The van der Waals surface area contributed by atoms with E-state index in [2.05, 4.69) is 0 Å². The molecular formula is C21H22O7. The first-order chi connectivity index (χ1) is 13.1. The van der Waals surface area contributed by atoms with Crippen LogP contribution in [0.3, 0.4) is 0 Å². The minimum atomic E-state index is -1.31. The van der Waals surface area contributed by atoms with E-state index < -0.39 is 17.7 Å². The van der Waals surface area contributed by atoms with Crippen LogP contribution >= 0.6 is 0 Å². The standard InChI is InChI=1S/C21H22O7/c1-10-11(2)20(27-6)17(12(3)19(10)26-5)18(23)14-7-8-16(28-13(4)22)15(9-14)21(24)25/h7-9H,1-6H3,(H,24,25). The summed E-state index contributed by atoms with van der Waals surface area (Å²) in [7, 11) is 2.99. The summed E-state index contributed by atoms with van der Waals surface area (Å²) in [5, 5.41) is 9.43. The van der Waals surface area contributed by atoms with Gasteiger partial charge in [0.25, 0.3) is 0 Å². The molecule has 0 saturated heterocycles. The molecule has 0 heterocycles. The molecule has 0 bridgehead atoms. The third kappa shape index (κ3) is 3.69. The zero-order valence-corrected chi connectivity index (χ0v) is 16.6. The minimum absolute atomic E-state index is 0.125. The number of esters is 1. The predicted octanol–water partition coefficient (Wildman–Crippen LogP) is 3.48. The number of hydrogen-bond acceptors (Lipinski definition) is 6. The molecule has 0 aliphatic carbocycles. The number of hydrogen-bond donors (Lipinski definition) is 1. The number of benzene rings is 2. The Morgan fingerprint density at radius 1 is 0.893 bits per heavy atom. The first-order valence-electron chi connectivity index (χ1n) is 8.46. The molecule has 148 valence electrons. The number of methoxy groups -OCH3 is 2. The van der Waals surface area contributed by atoms with E-state index in [9.17, 15) is 19.5 Å². The van der Waals surface area contributed by atoms with Crippen molar-refractivity contribution in [1.29, 1.82) is 0 Å². The molecule has 28 heavy (non-hydrogen) atoms. The SMILES string of the molecule is COc1c(C)c(C)c(OC)c(C(=O)c2ccc(OC(C)=O)c(C(=O)O)c2)c1C. The lowest BCUT2D eigenvalue weighted by Crippen LogP contribution is -2.13. The van der Waals surface area contributed by atoms with Crippen LogP contribution in [-0.2, 0) is 4.79 Å². The molecule has 0 radical (unpaired) electrons. The summed E-state index contributed by atoms with van der Waals surface area (Å²) in [6.07, 6.45) is 0. The number of carboxylic acids is 1. The number of rotatable bonds is 6.